The summed E-state index contributed by atoms with van der Waals surface area (Å²) < 4.78 is 11.8. The van der Waals surface area contributed by atoms with Gasteiger partial charge in [-0.3, -0.25) is 4.90 Å². The molecule has 1 saturated carbocycles. The van der Waals surface area contributed by atoms with Gasteiger partial charge in [0.25, 0.3) is 0 Å². The molecule has 0 radical (unpaired) electrons. The predicted molar refractivity (Wildman–Crippen MR) is 97.3 cm³/mol. The molecule has 2 N–H and O–H groups in total. The molecule has 5 atom stereocenters. The summed E-state index contributed by atoms with van der Waals surface area (Å²) in [5, 5.41) is 22.8. The molecular formula is C21H27NO4. The Balaban J connectivity index is 1.74. The fourth-order valence-corrected chi connectivity index (χ4v) is 6.33. The van der Waals surface area contributed by atoms with E-state index in [1.807, 2.05) is 6.08 Å². The Morgan fingerprint density at radius 2 is 2.27 bits per heavy atom. The van der Waals surface area contributed by atoms with E-state index in [2.05, 4.69) is 23.6 Å². The third-order valence-electron chi connectivity index (χ3n) is 7.31. The molecule has 0 unspecified atom stereocenters. The van der Waals surface area contributed by atoms with Gasteiger partial charge >= 0.3 is 0 Å². The number of nitrogens with zero attached hydrogens (tertiary/aromatic N) is 1. The van der Waals surface area contributed by atoms with E-state index in [1.54, 1.807) is 7.11 Å². The molecule has 5 heteroatoms. The molecule has 2 fully saturated rings. The molecule has 0 aromatic heterocycles. The van der Waals surface area contributed by atoms with Crippen LogP contribution in [0, 0.1) is 0 Å². The van der Waals surface area contributed by atoms with Gasteiger partial charge in [-0.05, 0) is 37.8 Å². The lowest BCUT2D eigenvalue weighted by Crippen LogP contribution is -2.77. The lowest BCUT2D eigenvalue weighted by atomic mass is 9.48. The van der Waals surface area contributed by atoms with Gasteiger partial charge in [-0.15, -0.1) is 6.58 Å². The highest BCUT2D eigenvalue weighted by Crippen LogP contribution is 2.64. The third kappa shape index (κ3) is 1.80. The fourth-order valence-electron chi connectivity index (χ4n) is 6.33. The van der Waals surface area contributed by atoms with Crippen molar-refractivity contribution in [3.05, 3.63) is 41.5 Å². The number of benzene rings is 1. The van der Waals surface area contributed by atoms with E-state index in [1.165, 1.54) is 5.56 Å². The van der Waals surface area contributed by atoms with Gasteiger partial charge in [0.2, 0.25) is 0 Å². The zero-order valence-electron chi connectivity index (χ0n) is 15.3. The van der Waals surface area contributed by atoms with Crippen LogP contribution in [0.4, 0.5) is 0 Å². The van der Waals surface area contributed by atoms with E-state index < -0.39 is 17.1 Å². The highest BCUT2D eigenvalue weighted by Gasteiger charge is 2.72. The summed E-state index contributed by atoms with van der Waals surface area (Å²) in [6, 6.07) is 4.29. The third-order valence-corrected chi connectivity index (χ3v) is 7.31. The number of piperidine rings is 1. The Kier molecular flexibility index (Phi) is 3.58. The number of aliphatic hydroxyl groups is 2. The van der Waals surface area contributed by atoms with Gasteiger partial charge in [0.05, 0.1) is 23.7 Å². The molecule has 1 saturated heterocycles. The SMILES string of the molecule is C=CCN1CC[C@]23c4c5ccc(COC)c4O[C@H]2[C@H](O)CC[C@@]3(O)[C@H]1C5. The summed E-state index contributed by atoms with van der Waals surface area (Å²) >= 11 is 0. The quantitative estimate of drug-likeness (QED) is 0.801. The normalized spacial score (nSPS) is 40.0. The highest BCUT2D eigenvalue weighted by atomic mass is 16.5. The zero-order chi connectivity index (χ0) is 18.1. The monoisotopic (exact) mass is 357 g/mol. The van der Waals surface area contributed by atoms with Gasteiger partial charge in [-0.1, -0.05) is 18.2 Å². The van der Waals surface area contributed by atoms with Crippen LogP contribution in [0.25, 0.3) is 0 Å². The van der Waals surface area contributed by atoms with Crippen LogP contribution < -0.4 is 4.74 Å². The summed E-state index contributed by atoms with van der Waals surface area (Å²) in [5.74, 6) is 0.851. The lowest BCUT2D eigenvalue weighted by molar-refractivity contribution is -0.206. The molecule has 2 aliphatic carbocycles. The zero-order valence-corrected chi connectivity index (χ0v) is 15.3. The number of hydrogen-bond acceptors (Lipinski definition) is 5. The number of hydrogen-bond donors (Lipinski definition) is 2. The molecule has 2 bridgehead atoms. The van der Waals surface area contributed by atoms with Gasteiger partial charge in [0.15, 0.2) is 0 Å². The molecule has 5 nitrogen and oxygen atoms in total. The van der Waals surface area contributed by atoms with Crippen LogP contribution in [0.5, 0.6) is 5.75 Å². The van der Waals surface area contributed by atoms with E-state index in [9.17, 15) is 10.2 Å². The topological polar surface area (TPSA) is 62.2 Å². The second-order valence-corrected chi connectivity index (χ2v) is 8.31. The second-order valence-electron chi connectivity index (χ2n) is 8.31. The summed E-state index contributed by atoms with van der Waals surface area (Å²) in [4.78, 5) is 2.36. The van der Waals surface area contributed by atoms with Gasteiger partial charge in [0, 0.05) is 30.8 Å². The molecule has 2 aliphatic heterocycles. The molecule has 1 aromatic carbocycles. The van der Waals surface area contributed by atoms with Crippen LogP contribution in [0.2, 0.25) is 0 Å². The van der Waals surface area contributed by atoms with Crippen LogP contribution in [0.1, 0.15) is 36.0 Å². The minimum Gasteiger partial charge on any atom is -0.486 e. The van der Waals surface area contributed by atoms with Crippen molar-refractivity contribution in [2.24, 2.45) is 0 Å². The van der Waals surface area contributed by atoms with Crippen molar-refractivity contribution in [1.29, 1.82) is 0 Å². The van der Waals surface area contributed by atoms with Crippen molar-refractivity contribution in [3.63, 3.8) is 0 Å². The molecule has 5 rings (SSSR count). The molecule has 1 aromatic rings. The smallest absolute Gasteiger partial charge is 0.137 e. The Labute approximate surface area is 154 Å². The van der Waals surface area contributed by atoms with Crippen molar-refractivity contribution >= 4 is 0 Å². The Hall–Kier alpha value is -1.40. The van der Waals surface area contributed by atoms with E-state index in [0.717, 1.165) is 42.8 Å². The first kappa shape index (κ1) is 16.8. The van der Waals surface area contributed by atoms with Crippen LogP contribution in [-0.2, 0) is 23.2 Å². The van der Waals surface area contributed by atoms with Crippen LogP contribution in [0.3, 0.4) is 0 Å². The predicted octanol–water partition coefficient (Wildman–Crippen LogP) is 1.53. The molecule has 26 heavy (non-hydrogen) atoms. The summed E-state index contributed by atoms with van der Waals surface area (Å²) in [6.45, 7) is 6.04. The van der Waals surface area contributed by atoms with E-state index in [4.69, 9.17) is 9.47 Å². The van der Waals surface area contributed by atoms with Crippen molar-refractivity contribution in [2.45, 2.75) is 61.6 Å². The average Bonchev–Trinajstić information content (AvgIpc) is 2.98. The number of ether oxygens (including phenoxy) is 2. The number of aliphatic hydroxyl groups excluding tert-OH is 1. The Bertz CT molecular complexity index is 765. The first-order valence-electron chi connectivity index (χ1n) is 9.63. The minimum atomic E-state index is -0.873. The summed E-state index contributed by atoms with van der Waals surface area (Å²) in [7, 11) is 1.68. The minimum absolute atomic E-state index is 0.0413. The molecule has 140 valence electrons. The fraction of sp³-hybridized carbons (Fsp3) is 0.619. The van der Waals surface area contributed by atoms with Gasteiger partial charge < -0.3 is 19.7 Å². The number of methoxy groups -OCH3 is 1. The molecule has 2 heterocycles. The maximum absolute atomic E-state index is 12.0. The second kappa shape index (κ2) is 5.55. The summed E-state index contributed by atoms with van der Waals surface area (Å²) in [5.41, 5.74) is 2.02. The first-order valence-corrected chi connectivity index (χ1v) is 9.63. The standard InChI is InChI=1S/C21H27NO4/c1-3-9-22-10-8-20-17-13-4-5-14(12-25-2)18(17)26-19(20)15(23)6-7-21(20,24)16(22)11-13/h3-5,15-16,19,23-24H,1,6-12H2,2H3/t15-,16-,19+,20+,21-/m1/s1. The molecule has 0 amide bonds. The van der Waals surface area contributed by atoms with Crippen molar-refractivity contribution in [2.75, 3.05) is 20.2 Å². The highest BCUT2D eigenvalue weighted by molar-refractivity contribution is 5.60. The van der Waals surface area contributed by atoms with E-state index in [0.29, 0.717) is 19.4 Å². The van der Waals surface area contributed by atoms with Crippen LogP contribution in [-0.4, -0.2) is 59.2 Å². The largest absolute Gasteiger partial charge is 0.486 e. The van der Waals surface area contributed by atoms with E-state index in [-0.39, 0.29) is 12.1 Å². The average molecular weight is 357 g/mol. The molecule has 4 aliphatic rings. The maximum atomic E-state index is 12.0. The first-order chi connectivity index (χ1) is 12.6. The maximum Gasteiger partial charge on any atom is 0.137 e. The summed E-state index contributed by atoms with van der Waals surface area (Å²) in [6.07, 6.45) is 3.80. The Morgan fingerprint density at radius 3 is 3.04 bits per heavy atom. The molecular weight excluding hydrogens is 330 g/mol. The number of likely N-dealkylation sites (tertiary alicyclic amines) is 1. The Morgan fingerprint density at radius 1 is 1.42 bits per heavy atom. The van der Waals surface area contributed by atoms with Gasteiger partial charge in [-0.2, -0.15) is 0 Å². The van der Waals surface area contributed by atoms with Crippen LogP contribution in [0.15, 0.2) is 24.8 Å². The number of rotatable bonds is 4. The van der Waals surface area contributed by atoms with E-state index >= 15 is 0 Å². The van der Waals surface area contributed by atoms with Crippen molar-refractivity contribution in [1.82, 2.24) is 4.90 Å². The van der Waals surface area contributed by atoms with Gasteiger partial charge in [0.1, 0.15) is 11.9 Å². The van der Waals surface area contributed by atoms with Crippen LogP contribution >= 0.6 is 0 Å². The lowest BCUT2D eigenvalue weighted by Gasteiger charge is -2.63. The van der Waals surface area contributed by atoms with Crippen molar-refractivity contribution in [3.8, 4) is 5.75 Å². The van der Waals surface area contributed by atoms with Crippen molar-refractivity contribution < 1.29 is 19.7 Å². The molecule has 1 spiro atoms. The van der Waals surface area contributed by atoms with Gasteiger partial charge in [-0.25, -0.2) is 0 Å².